The summed E-state index contributed by atoms with van der Waals surface area (Å²) in [4.78, 5) is 2.41. The molecule has 4 nitrogen and oxygen atoms in total. The normalized spacial score (nSPS) is 14.4. The predicted octanol–water partition coefficient (Wildman–Crippen LogP) is 5.31. The van der Waals surface area contributed by atoms with Gasteiger partial charge < -0.3 is 10.0 Å². The molecule has 0 unspecified atom stereocenters. The van der Waals surface area contributed by atoms with Crippen LogP contribution in [0.5, 0.6) is 0 Å². The second-order valence-corrected chi connectivity index (χ2v) is 8.34. The van der Waals surface area contributed by atoms with Crippen LogP contribution in [0.15, 0.2) is 54.9 Å². The molecule has 152 valence electrons. The highest BCUT2D eigenvalue weighted by atomic mass is 16.3. The van der Waals surface area contributed by atoms with Crippen molar-refractivity contribution in [3.05, 3.63) is 82.7 Å². The summed E-state index contributed by atoms with van der Waals surface area (Å²) in [6.45, 7) is 5.94. The quantitative estimate of drug-likeness (QED) is 0.595. The maximum atomic E-state index is 9.78. The number of aliphatic hydroxyl groups excluding tert-OH is 1. The smallest absolute Gasteiger partial charge is 0.0685 e. The lowest BCUT2D eigenvalue weighted by Gasteiger charge is -2.27. The van der Waals surface area contributed by atoms with Crippen molar-refractivity contribution in [1.82, 2.24) is 9.78 Å². The molecule has 1 aromatic heterocycles. The molecule has 3 aromatic rings. The van der Waals surface area contributed by atoms with Gasteiger partial charge in [-0.15, -0.1) is 0 Å². The van der Waals surface area contributed by atoms with Gasteiger partial charge in [0.15, 0.2) is 0 Å². The molecule has 1 fully saturated rings. The number of hydrogen-bond donors (Lipinski definition) is 1. The van der Waals surface area contributed by atoms with Gasteiger partial charge in [-0.25, -0.2) is 0 Å². The molecule has 1 heterocycles. The maximum Gasteiger partial charge on any atom is 0.0685 e. The van der Waals surface area contributed by atoms with Crippen LogP contribution >= 0.6 is 0 Å². The van der Waals surface area contributed by atoms with Crippen molar-refractivity contribution in [1.29, 1.82) is 0 Å². The third-order valence-corrected chi connectivity index (χ3v) is 6.08. The lowest BCUT2D eigenvalue weighted by molar-refractivity contribution is 0.280. The number of aromatic nitrogens is 2. The molecule has 0 saturated heterocycles. The van der Waals surface area contributed by atoms with Gasteiger partial charge in [0.25, 0.3) is 0 Å². The van der Waals surface area contributed by atoms with Crippen molar-refractivity contribution in [3.8, 4) is 0 Å². The third-order valence-electron chi connectivity index (χ3n) is 6.08. The van der Waals surface area contributed by atoms with Crippen LogP contribution in [0.4, 0.5) is 5.69 Å². The average molecular weight is 390 g/mol. The summed E-state index contributed by atoms with van der Waals surface area (Å²) in [5.41, 5.74) is 7.15. The highest BCUT2D eigenvalue weighted by molar-refractivity contribution is 5.55. The zero-order chi connectivity index (χ0) is 20.2. The molecule has 0 amide bonds. The molecule has 29 heavy (non-hydrogen) atoms. The van der Waals surface area contributed by atoms with E-state index >= 15 is 0 Å². The van der Waals surface area contributed by atoms with E-state index in [2.05, 4.69) is 59.0 Å². The summed E-state index contributed by atoms with van der Waals surface area (Å²) in [5.74, 6) is 0. The van der Waals surface area contributed by atoms with Crippen LogP contribution in [-0.4, -0.2) is 14.9 Å². The van der Waals surface area contributed by atoms with Crippen molar-refractivity contribution in [2.75, 3.05) is 4.90 Å². The Labute approximate surface area is 173 Å². The number of anilines is 1. The van der Waals surface area contributed by atoms with E-state index in [4.69, 9.17) is 0 Å². The van der Waals surface area contributed by atoms with E-state index in [1.807, 2.05) is 24.4 Å². The third kappa shape index (κ3) is 4.54. The minimum Gasteiger partial charge on any atom is -0.392 e. The first-order chi connectivity index (χ1) is 14.1. The lowest BCUT2D eigenvalue weighted by Crippen LogP contribution is -2.23. The fraction of sp³-hybridized carbons (Fsp3) is 0.400. The minimum atomic E-state index is 0.0659. The zero-order valence-corrected chi connectivity index (χ0v) is 17.5. The number of nitrogens with zero attached hydrogens (tertiary/aromatic N) is 3. The fourth-order valence-corrected chi connectivity index (χ4v) is 4.41. The second kappa shape index (κ2) is 8.83. The molecule has 1 aliphatic carbocycles. The van der Waals surface area contributed by atoms with Gasteiger partial charge in [-0.1, -0.05) is 49.2 Å². The fourth-order valence-electron chi connectivity index (χ4n) is 4.41. The van der Waals surface area contributed by atoms with Crippen LogP contribution in [0.2, 0.25) is 0 Å². The van der Waals surface area contributed by atoms with Gasteiger partial charge in [0.05, 0.1) is 18.8 Å². The summed E-state index contributed by atoms with van der Waals surface area (Å²) in [6, 6.07) is 15.3. The van der Waals surface area contributed by atoms with E-state index in [0.29, 0.717) is 6.04 Å². The Morgan fingerprint density at radius 3 is 2.55 bits per heavy atom. The van der Waals surface area contributed by atoms with Gasteiger partial charge in [-0.05, 0) is 55.0 Å². The van der Waals surface area contributed by atoms with Gasteiger partial charge in [0.2, 0.25) is 0 Å². The van der Waals surface area contributed by atoms with E-state index in [-0.39, 0.29) is 6.61 Å². The van der Waals surface area contributed by atoms with Crippen LogP contribution in [0.1, 0.15) is 59.5 Å². The molecule has 0 atom stereocenters. The van der Waals surface area contributed by atoms with Gasteiger partial charge in [-0.3, -0.25) is 4.68 Å². The number of aliphatic hydroxyl groups is 1. The van der Waals surface area contributed by atoms with Crippen molar-refractivity contribution in [3.63, 3.8) is 0 Å². The molecule has 0 aliphatic heterocycles. The molecule has 0 radical (unpaired) electrons. The molecular formula is C25H31N3O. The van der Waals surface area contributed by atoms with E-state index < -0.39 is 0 Å². The summed E-state index contributed by atoms with van der Waals surface area (Å²) >= 11 is 0. The number of rotatable bonds is 7. The maximum absolute atomic E-state index is 9.78. The Hall–Kier alpha value is -2.59. The first kappa shape index (κ1) is 19.7. The summed E-state index contributed by atoms with van der Waals surface area (Å²) < 4.78 is 2.17. The lowest BCUT2D eigenvalue weighted by atomic mass is 10.0. The number of aryl methyl sites for hydroxylation is 2. The van der Waals surface area contributed by atoms with E-state index in [9.17, 15) is 5.11 Å². The highest BCUT2D eigenvalue weighted by Crippen LogP contribution is 2.30. The molecule has 1 aliphatic rings. The van der Waals surface area contributed by atoms with E-state index in [0.717, 1.165) is 18.7 Å². The Morgan fingerprint density at radius 1 is 1.03 bits per heavy atom. The van der Waals surface area contributed by atoms with E-state index in [1.165, 1.54) is 53.6 Å². The molecule has 4 rings (SSSR count). The molecular weight excluding hydrogens is 358 g/mol. The molecule has 2 aromatic carbocycles. The molecule has 0 spiro atoms. The zero-order valence-electron chi connectivity index (χ0n) is 17.5. The molecule has 0 bridgehead atoms. The van der Waals surface area contributed by atoms with Crippen LogP contribution in [0.3, 0.4) is 0 Å². The van der Waals surface area contributed by atoms with Crippen molar-refractivity contribution in [2.24, 2.45) is 0 Å². The topological polar surface area (TPSA) is 41.3 Å². The van der Waals surface area contributed by atoms with Gasteiger partial charge in [0.1, 0.15) is 0 Å². The Bertz CT molecular complexity index is 956. The van der Waals surface area contributed by atoms with Crippen LogP contribution in [-0.2, 0) is 19.7 Å². The first-order valence-corrected chi connectivity index (χ1v) is 10.7. The monoisotopic (exact) mass is 389 g/mol. The molecule has 4 heteroatoms. The Kier molecular flexibility index (Phi) is 6.00. The summed E-state index contributed by atoms with van der Waals surface area (Å²) in [5, 5.41) is 14.5. The highest BCUT2D eigenvalue weighted by Gasteiger charge is 2.19. The van der Waals surface area contributed by atoms with E-state index in [1.54, 1.807) is 0 Å². The van der Waals surface area contributed by atoms with Crippen LogP contribution in [0, 0.1) is 13.8 Å². The molecule has 1 N–H and O–H groups in total. The van der Waals surface area contributed by atoms with Crippen LogP contribution in [0.25, 0.3) is 0 Å². The predicted molar refractivity (Wildman–Crippen MR) is 118 cm³/mol. The Balaban J connectivity index is 1.63. The SMILES string of the molecule is Cc1ccc(C)c(N(Cc2cnn(C3CCCC3)c2)Cc2ccccc2CO)c1. The summed E-state index contributed by atoms with van der Waals surface area (Å²) in [7, 11) is 0. The summed E-state index contributed by atoms with van der Waals surface area (Å²) in [6.07, 6.45) is 9.36. The Morgan fingerprint density at radius 2 is 1.79 bits per heavy atom. The first-order valence-electron chi connectivity index (χ1n) is 10.7. The largest absolute Gasteiger partial charge is 0.392 e. The second-order valence-electron chi connectivity index (χ2n) is 8.34. The average Bonchev–Trinajstić information content (AvgIpc) is 3.41. The van der Waals surface area contributed by atoms with Gasteiger partial charge >= 0.3 is 0 Å². The van der Waals surface area contributed by atoms with Crippen molar-refractivity contribution < 1.29 is 5.11 Å². The van der Waals surface area contributed by atoms with Gasteiger partial charge in [-0.2, -0.15) is 5.10 Å². The van der Waals surface area contributed by atoms with Gasteiger partial charge in [0, 0.05) is 30.5 Å². The number of benzene rings is 2. The minimum absolute atomic E-state index is 0.0659. The number of hydrogen-bond acceptors (Lipinski definition) is 3. The molecule has 1 saturated carbocycles. The van der Waals surface area contributed by atoms with Crippen molar-refractivity contribution in [2.45, 2.75) is 65.3 Å². The van der Waals surface area contributed by atoms with Crippen molar-refractivity contribution >= 4 is 5.69 Å². The van der Waals surface area contributed by atoms with Crippen LogP contribution < -0.4 is 4.90 Å². The standard InChI is InChI=1S/C25H31N3O/c1-19-11-12-20(2)25(13-19)27(17-22-7-3-4-8-23(22)18-29)15-21-14-26-28(16-21)24-9-5-6-10-24/h3-4,7-8,11-14,16,24,29H,5-6,9-10,15,17-18H2,1-2H3.